The second-order valence-electron chi connectivity index (χ2n) is 8.27. The van der Waals surface area contributed by atoms with Crippen LogP contribution in [0.3, 0.4) is 0 Å². The first-order chi connectivity index (χ1) is 12.7. The van der Waals surface area contributed by atoms with Crippen LogP contribution in [0.4, 0.5) is 0 Å². The summed E-state index contributed by atoms with van der Waals surface area (Å²) in [5, 5.41) is 0. The molecule has 5 atom stereocenters. The molecule has 156 valence electrons. The van der Waals surface area contributed by atoms with Crippen LogP contribution in [-0.4, -0.2) is 37.0 Å². The van der Waals surface area contributed by atoms with Crippen molar-refractivity contribution in [1.29, 1.82) is 0 Å². The van der Waals surface area contributed by atoms with E-state index in [1.165, 1.54) is 0 Å². The Kier molecular flexibility index (Phi) is 10.6. The number of carbonyl (C=O) groups excluding carboxylic acids is 3. The fourth-order valence-electron chi connectivity index (χ4n) is 3.81. The molecule has 1 aliphatic rings. The van der Waals surface area contributed by atoms with E-state index in [0.29, 0.717) is 18.4 Å². The van der Waals surface area contributed by atoms with Crippen LogP contribution < -0.4 is 5.73 Å². The SMILES string of the molecule is CC1CCCOC(=O)CC(OC(=O)CN)C(C)C(=O)C(C)CC(C)CCC1. The molecule has 27 heavy (non-hydrogen) atoms. The van der Waals surface area contributed by atoms with Crippen molar-refractivity contribution in [3.8, 4) is 0 Å². The third-order valence-corrected chi connectivity index (χ3v) is 5.56. The zero-order valence-corrected chi connectivity index (χ0v) is 17.4. The van der Waals surface area contributed by atoms with E-state index in [-0.39, 0.29) is 24.7 Å². The van der Waals surface area contributed by atoms with Gasteiger partial charge in [-0.1, -0.05) is 47.0 Å². The molecule has 0 bridgehead atoms. The van der Waals surface area contributed by atoms with Crippen LogP contribution in [0.1, 0.15) is 72.6 Å². The molecule has 0 radical (unpaired) electrons. The van der Waals surface area contributed by atoms with E-state index < -0.39 is 24.0 Å². The lowest BCUT2D eigenvalue weighted by atomic mass is 9.83. The number of ketones is 1. The third kappa shape index (κ3) is 8.87. The Morgan fingerprint density at radius 3 is 2.37 bits per heavy atom. The summed E-state index contributed by atoms with van der Waals surface area (Å²) >= 11 is 0. The second kappa shape index (κ2) is 12.1. The molecule has 5 unspecified atom stereocenters. The first-order valence-electron chi connectivity index (χ1n) is 10.3. The Morgan fingerprint density at radius 1 is 1.07 bits per heavy atom. The Labute approximate surface area is 163 Å². The van der Waals surface area contributed by atoms with Gasteiger partial charge in [-0.15, -0.1) is 0 Å². The summed E-state index contributed by atoms with van der Waals surface area (Å²) < 4.78 is 10.6. The van der Waals surface area contributed by atoms with Gasteiger partial charge in [0.15, 0.2) is 0 Å². The summed E-state index contributed by atoms with van der Waals surface area (Å²) in [4.78, 5) is 36.7. The van der Waals surface area contributed by atoms with E-state index in [0.717, 1.165) is 38.5 Å². The maximum absolute atomic E-state index is 12.8. The number of cyclic esters (lactones) is 1. The molecule has 0 aliphatic carbocycles. The number of hydrogen-bond donors (Lipinski definition) is 1. The normalized spacial score (nSPS) is 32.6. The summed E-state index contributed by atoms with van der Waals surface area (Å²) in [6, 6.07) is 0. The molecular weight excluding hydrogens is 346 g/mol. The number of rotatable bonds is 2. The number of nitrogens with two attached hydrogens (primary N) is 1. The molecule has 6 heteroatoms. The van der Waals surface area contributed by atoms with Gasteiger partial charge in [-0.05, 0) is 31.1 Å². The lowest BCUT2D eigenvalue weighted by Gasteiger charge is -2.26. The molecule has 0 aromatic carbocycles. The van der Waals surface area contributed by atoms with Crippen molar-refractivity contribution < 1.29 is 23.9 Å². The number of carbonyl (C=O) groups is 3. The summed E-state index contributed by atoms with van der Waals surface area (Å²) in [5.74, 6) is -0.683. The fourth-order valence-corrected chi connectivity index (χ4v) is 3.81. The second-order valence-corrected chi connectivity index (χ2v) is 8.27. The quantitative estimate of drug-likeness (QED) is 0.735. The van der Waals surface area contributed by atoms with Gasteiger partial charge < -0.3 is 15.2 Å². The summed E-state index contributed by atoms with van der Waals surface area (Å²) in [6.07, 6.45) is 5.13. The molecule has 1 aliphatic heterocycles. The van der Waals surface area contributed by atoms with Crippen LogP contribution in [0.2, 0.25) is 0 Å². The van der Waals surface area contributed by atoms with Gasteiger partial charge in [-0.3, -0.25) is 14.4 Å². The fraction of sp³-hybridized carbons (Fsp3) is 0.857. The van der Waals surface area contributed by atoms with Crippen molar-refractivity contribution in [2.75, 3.05) is 13.2 Å². The largest absolute Gasteiger partial charge is 0.466 e. The zero-order valence-electron chi connectivity index (χ0n) is 17.4. The Bertz CT molecular complexity index is 493. The van der Waals surface area contributed by atoms with E-state index in [1.54, 1.807) is 6.92 Å². The number of hydrogen-bond acceptors (Lipinski definition) is 6. The highest BCUT2D eigenvalue weighted by atomic mass is 16.6. The van der Waals surface area contributed by atoms with Crippen molar-refractivity contribution in [3.63, 3.8) is 0 Å². The number of Topliss-reactive ketones (excluding diaryl/α,β-unsaturated/α-hetero) is 1. The maximum atomic E-state index is 12.8. The van der Waals surface area contributed by atoms with Crippen LogP contribution in [0, 0.1) is 23.7 Å². The Morgan fingerprint density at radius 2 is 1.70 bits per heavy atom. The van der Waals surface area contributed by atoms with Crippen molar-refractivity contribution in [2.24, 2.45) is 29.4 Å². The smallest absolute Gasteiger partial charge is 0.320 e. The minimum atomic E-state index is -0.828. The van der Waals surface area contributed by atoms with Gasteiger partial charge in [0.25, 0.3) is 0 Å². The summed E-state index contributed by atoms with van der Waals surface area (Å²) in [7, 11) is 0. The van der Waals surface area contributed by atoms with Crippen molar-refractivity contribution in [2.45, 2.75) is 78.7 Å². The molecule has 1 saturated heterocycles. The molecule has 2 N–H and O–H groups in total. The van der Waals surface area contributed by atoms with Crippen LogP contribution in [-0.2, 0) is 23.9 Å². The molecule has 0 spiro atoms. The predicted octanol–water partition coefficient (Wildman–Crippen LogP) is 3.26. The minimum absolute atomic E-state index is 0.0185. The minimum Gasteiger partial charge on any atom is -0.466 e. The zero-order chi connectivity index (χ0) is 20.4. The van der Waals surface area contributed by atoms with E-state index in [1.807, 2.05) is 6.92 Å². The summed E-state index contributed by atoms with van der Waals surface area (Å²) in [5.41, 5.74) is 5.33. The highest BCUT2D eigenvalue weighted by Gasteiger charge is 2.32. The lowest BCUT2D eigenvalue weighted by Crippen LogP contribution is -2.37. The van der Waals surface area contributed by atoms with Gasteiger partial charge in [0.2, 0.25) is 0 Å². The molecule has 1 fully saturated rings. The van der Waals surface area contributed by atoms with E-state index in [4.69, 9.17) is 15.2 Å². The molecule has 0 aromatic rings. The van der Waals surface area contributed by atoms with E-state index in [9.17, 15) is 14.4 Å². The molecule has 1 rings (SSSR count). The maximum Gasteiger partial charge on any atom is 0.320 e. The van der Waals surface area contributed by atoms with Gasteiger partial charge in [0.1, 0.15) is 11.9 Å². The van der Waals surface area contributed by atoms with Crippen LogP contribution in [0.5, 0.6) is 0 Å². The number of esters is 2. The van der Waals surface area contributed by atoms with Crippen LogP contribution >= 0.6 is 0 Å². The van der Waals surface area contributed by atoms with Gasteiger partial charge in [-0.25, -0.2) is 0 Å². The molecule has 6 nitrogen and oxygen atoms in total. The topological polar surface area (TPSA) is 95.7 Å². The average Bonchev–Trinajstić information content (AvgIpc) is 2.62. The average molecular weight is 384 g/mol. The Hall–Kier alpha value is -1.43. The first kappa shape index (κ1) is 23.6. The molecule has 0 saturated carbocycles. The highest BCUT2D eigenvalue weighted by molar-refractivity contribution is 5.84. The molecular formula is C21H37NO5. The highest BCUT2D eigenvalue weighted by Crippen LogP contribution is 2.25. The van der Waals surface area contributed by atoms with E-state index >= 15 is 0 Å². The first-order valence-corrected chi connectivity index (χ1v) is 10.3. The van der Waals surface area contributed by atoms with Gasteiger partial charge >= 0.3 is 11.9 Å². The molecule has 0 aromatic heterocycles. The van der Waals surface area contributed by atoms with Crippen LogP contribution in [0.15, 0.2) is 0 Å². The lowest BCUT2D eigenvalue weighted by molar-refractivity contribution is -0.158. The summed E-state index contributed by atoms with van der Waals surface area (Å²) in [6.45, 7) is 8.13. The molecule has 0 amide bonds. The van der Waals surface area contributed by atoms with Crippen molar-refractivity contribution >= 4 is 17.7 Å². The third-order valence-electron chi connectivity index (χ3n) is 5.56. The van der Waals surface area contributed by atoms with Gasteiger partial charge in [-0.2, -0.15) is 0 Å². The van der Waals surface area contributed by atoms with Crippen molar-refractivity contribution in [3.05, 3.63) is 0 Å². The standard InChI is InChI=1S/C21H37NO5/c1-14-7-5-8-15(2)11-16(3)21(25)17(4)18(27-20(24)13-22)12-19(23)26-10-6-9-14/h14-18H,5-13,22H2,1-4H3. The van der Waals surface area contributed by atoms with Crippen molar-refractivity contribution in [1.82, 2.24) is 0 Å². The van der Waals surface area contributed by atoms with E-state index in [2.05, 4.69) is 13.8 Å². The number of ether oxygens (including phenoxy) is 2. The van der Waals surface area contributed by atoms with Gasteiger partial charge in [0, 0.05) is 5.92 Å². The predicted molar refractivity (Wildman–Crippen MR) is 104 cm³/mol. The van der Waals surface area contributed by atoms with Gasteiger partial charge in [0.05, 0.1) is 25.5 Å². The van der Waals surface area contributed by atoms with Crippen LogP contribution in [0.25, 0.3) is 0 Å². The Balaban J connectivity index is 2.88. The molecule has 1 heterocycles. The monoisotopic (exact) mass is 383 g/mol.